The lowest BCUT2D eigenvalue weighted by Crippen LogP contribution is -2.24. The fourth-order valence-corrected chi connectivity index (χ4v) is 2.86. The maximum Gasteiger partial charge on any atom is 0.229 e. The van der Waals surface area contributed by atoms with Crippen LogP contribution in [0, 0.1) is 13.8 Å². The maximum atomic E-state index is 11.4. The second kappa shape index (κ2) is 10.8. The van der Waals surface area contributed by atoms with E-state index in [9.17, 15) is 4.21 Å². The number of benzene rings is 1. The molecule has 3 N–H and O–H groups in total. The first-order chi connectivity index (χ1) is 13.7. The number of hydrogen-bond donors (Lipinski definition) is 2. The van der Waals surface area contributed by atoms with Gasteiger partial charge in [0.25, 0.3) is 0 Å². The first kappa shape index (κ1) is 22.6. The summed E-state index contributed by atoms with van der Waals surface area (Å²) in [5, 5.41) is 2.91. The Bertz CT molecular complexity index is 907. The number of ether oxygens (including phenoxy) is 2. The molecule has 8 nitrogen and oxygen atoms in total. The van der Waals surface area contributed by atoms with Gasteiger partial charge in [0.05, 0.1) is 19.8 Å². The Hall–Kier alpha value is -2.65. The van der Waals surface area contributed by atoms with Crippen LogP contribution in [0.15, 0.2) is 35.3 Å². The number of aryl methyl sites for hydroxylation is 2. The summed E-state index contributed by atoms with van der Waals surface area (Å²) in [5.41, 5.74) is 8.64. The van der Waals surface area contributed by atoms with Gasteiger partial charge < -0.3 is 15.2 Å². The second-order valence-electron chi connectivity index (χ2n) is 6.86. The van der Waals surface area contributed by atoms with E-state index >= 15 is 0 Å². The lowest BCUT2D eigenvalue weighted by atomic mass is 10.2. The van der Waals surface area contributed by atoms with Crippen molar-refractivity contribution in [3.05, 3.63) is 47.3 Å². The van der Waals surface area contributed by atoms with E-state index in [0.717, 1.165) is 22.7 Å². The van der Waals surface area contributed by atoms with E-state index in [4.69, 9.17) is 15.2 Å². The summed E-state index contributed by atoms with van der Waals surface area (Å²) in [7, 11) is -2.10. The monoisotopic (exact) mass is 419 g/mol. The Morgan fingerprint density at radius 3 is 2.48 bits per heavy atom. The minimum absolute atomic E-state index is 0.176. The van der Waals surface area contributed by atoms with E-state index in [2.05, 4.69) is 26.1 Å². The van der Waals surface area contributed by atoms with Crippen LogP contribution in [0.3, 0.4) is 0 Å². The van der Waals surface area contributed by atoms with E-state index in [0.29, 0.717) is 32.1 Å². The highest BCUT2D eigenvalue weighted by Gasteiger charge is 2.02. The number of aromatic nitrogens is 2. The van der Waals surface area contributed by atoms with Crippen molar-refractivity contribution in [2.45, 2.75) is 26.8 Å². The summed E-state index contributed by atoms with van der Waals surface area (Å²) in [6, 6.07) is 9.53. The molecule has 29 heavy (non-hydrogen) atoms. The molecule has 9 heteroatoms. The normalized spacial score (nSPS) is 13.7. The van der Waals surface area contributed by atoms with Gasteiger partial charge in [0.15, 0.2) is 5.96 Å². The third kappa shape index (κ3) is 9.40. The molecule has 0 fully saturated rings. The lowest BCUT2D eigenvalue weighted by molar-refractivity contribution is 0.157. The highest BCUT2D eigenvalue weighted by molar-refractivity contribution is 7.99. The van der Waals surface area contributed by atoms with Gasteiger partial charge >= 0.3 is 0 Å². The number of anilines is 1. The van der Waals surface area contributed by atoms with E-state index < -0.39 is 9.52 Å². The molecule has 0 radical (unpaired) electrons. The first-order valence-corrected chi connectivity index (χ1v) is 11.5. The van der Waals surface area contributed by atoms with Crippen molar-refractivity contribution in [1.82, 2.24) is 9.97 Å². The molecule has 1 unspecified atom stereocenters. The highest BCUT2D eigenvalue weighted by Crippen LogP contribution is 2.13. The minimum Gasteiger partial charge on any atom is -0.494 e. The molecule has 1 atom stereocenters. The average molecular weight is 420 g/mol. The molecule has 158 valence electrons. The van der Waals surface area contributed by atoms with Gasteiger partial charge in [-0.3, -0.25) is 9.53 Å². The molecule has 2 rings (SSSR count). The van der Waals surface area contributed by atoms with Crippen LogP contribution in [0.2, 0.25) is 0 Å². The number of rotatable bonds is 10. The van der Waals surface area contributed by atoms with Crippen LogP contribution in [0.25, 0.3) is 0 Å². The Kier molecular flexibility index (Phi) is 8.41. The van der Waals surface area contributed by atoms with E-state index in [1.807, 2.05) is 44.2 Å². The van der Waals surface area contributed by atoms with Crippen LogP contribution in [-0.2, 0) is 20.8 Å². The van der Waals surface area contributed by atoms with Crippen LogP contribution in [0.5, 0.6) is 5.75 Å². The van der Waals surface area contributed by atoms with Gasteiger partial charge in [-0.15, -0.1) is 0 Å². The number of aliphatic imine (C=N–C) groups is 1. The van der Waals surface area contributed by atoms with Gasteiger partial charge in [0.2, 0.25) is 5.95 Å². The smallest absolute Gasteiger partial charge is 0.229 e. The molecule has 0 spiro atoms. The largest absolute Gasteiger partial charge is 0.494 e. The van der Waals surface area contributed by atoms with Crippen molar-refractivity contribution < 1.29 is 13.7 Å². The SMILES string of the molecule is C=S(C)(=O)COCCCOc1ccc(CN=C(N)Nc2nc(C)cc(C)n2)cc1. The van der Waals surface area contributed by atoms with Crippen molar-refractivity contribution >= 4 is 27.3 Å². The van der Waals surface area contributed by atoms with Crippen molar-refractivity contribution in [3.8, 4) is 5.75 Å². The predicted octanol–water partition coefficient (Wildman–Crippen LogP) is 2.11. The number of nitrogens with zero attached hydrogens (tertiary/aromatic N) is 3. The average Bonchev–Trinajstić information content (AvgIpc) is 2.62. The predicted molar refractivity (Wildman–Crippen MR) is 119 cm³/mol. The standard InChI is InChI=1S/C20H29N5O3S/c1-15-12-16(2)24-20(23-15)25-19(21)22-13-17-6-8-18(9-7-17)28-11-5-10-27-14-29(3,4)26/h6-9,12H,3,5,10-11,13-14H2,1-2,4H3,(H3,21,22,23,24,25). The molecule has 0 aliphatic heterocycles. The molecular formula is C20H29N5O3S. The van der Waals surface area contributed by atoms with Crippen LogP contribution in [0.1, 0.15) is 23.4 Å². The minimum atomic E-state index is -2.10. The van der Waals surface area contributed by atoms with Crippen molar-refractivity contribution in [1.29, 1.82) is 0 Å². The lowest BCUT2D eigenvalue weighted by Gasteiger charge is -2.08. The molecule has 1 aromatic heterocycles. The highest BCUT2D eigenvalue weighted by atomic mass is 32.2. The molecule has 1 aromatic carbocycles. The molecular weight excluding hydrogens is 390 g/mol. The number of nitrogens with two attached hydrogens (primary N) is 1. The van der Waals surface area contributed by atoms with Crippen molar-refractivity contribution in [3.63, 3.8) is 0 Å². The molecule has 1 heterocycles. The molecule has 0 saturated carbocycles. The number of guanidine groups is 1. The van der Waals surface area contributed by atoms with Gasteiger partial charge in [-0.05, 0) is 53.0 Å². The molecule has 0 saturated heterocycles. The second-order valence-corrected chi connectivity index (χ2v) is 9.46. The van der Waals surface area contributed by atoms with Crippen LogP contribution in [0.4, 0.5) is 5.95 Å². The van der Waals surface area contributed by atoms with Crippen LogP contribution >= 0.6 is 0 Å². The maximum absolute atomic E-state index is 11.4. The van der Waals surface area contributed by atoms with E-state index in [1.54, 1.807) is 6.26 Å². The Morgan fingerprint density at radius 1 is 1.21 bits per heavy atom. The number of nitrogens with one attached hydrogen (secondary N) is 1. The Balaban J connectivity index is 1.74. The summed E-state index contributed by atoms with van der Waals surface area (Å²) in [5.74, 6) is 5.18. The van der Waals surface area contributed by atoms with Gasteiger partial charge in [0.1, 0.15) is 11.7 Å². The fraction of sp³-hybridized carbons (Fsp3) is 0.400. The van der Waals surface area contributed by atoms with Gasteiger partial charge in [0, 0.05) is 24.1 Å². The summed E-state index contributed by atoms with van der Waals surface area (Å²) in [4.78, 5) is 12.9. The Labute approximate surface area is 172 Å². The Morgan fingerprint density at radius 2 is 1.86 bits per heavy atom. The summed E-state index contributed by atoms with van der Waals surface area (Å²) >= 11 is 0. The van der Waals surface area contributed by atoms with Gasteiger partial charge in [-0.25, -0.2) is 15.0 Å². The quantitative estimate of drug-likeness (QED) is 0.262. The topological polar surface area (TPSA) is 112 Å². The third-order valence-electron chi connectivity index (χ3n) is 3.61. The summed E-state index contributed by atoms with van der Waals surface area (Å²) < 4.78 is 22.4. The first-order valence-electron chi connectivity index (χ1n) is 9.20. The number of hydrogen-bond acceptors (Lipinski definition) is 6. The molecule has 0 amide bonds. The van der Waals surface area contributed by atoms with E-state index in [1.165, 1.54) is 0 Å². The van der Waals surface area contributed by atoms with E-state index in [-0.39, 0.29) is 11.9 Å². The zero-order valence-corrected chi connectivity index (χ0v) is 18.0. The van der Waals surface area contributed by atoms with Crippen LogP contribution in [-0.4, -0.2) is 51.4 Å². The van der Waals surface area contributed by atoms with Crippen molar-refractivity contribution in [2.24, 2.45) is 10.7 Å². The molecule has 0 bridgehead atoms. The van der Waals surface area contributed by atoms with Gasteiger partial charge in [-0.2, -0.15) is 0 Å². The fourth-order valence-electron chi connectivity index (χ4n) is 2.39. The summed E-state index contributed by atoms with van der Waals surface area (Å²) in [6.45, 7) is 5.24. The van der Waals surface area contributed by atoms with Crippen molar-refractivity contribution in [2.75, 3.05) is 30.7 Å². The van der Waals surface area contributed by atoms with Crippen LogP contribution < -0.4 is 15.8 Å². The zero-order valence-electron chi connectivity index (χ0n) is 17.2. The van der Waals surface area contributed by atoms with Gasteiger partial charge in [-0.1, -0.05) is 12.1 Å². The molecule has 2 aromatic rings. The summed E-state index contributed by atoms with van der Waals surface area (Å²) in [6.07, 6.45) is 2.29. The molecule has 0 aliphatic carbocycles. The molecule has 0 aliphatic rings. The third-order valence-corrected chi connectivity index (χ3v) is 4.28. The zero-order chi connectivity index (χ0) is 21.3.